The van der Waals surface area contributed by atoms with E-state index in [4.69, 9.17) is 4.74 Å². The van der Waals surface area contributed by atoms with E-state index < -0.39 is 0 Å². The number of hydrogen-bond donors (Lipinski definition) is 1. The van der Waals surface area contributed by atoms with Crippen molar-refractivity contribution in [2.45, 2.75) is 39.2 Å². The Morgan fingerprint density at radius 3 is 2.53 bits per heavy atom. The Hall–Kier alpha value is -1.16. The second-order valence-electron chi connectivity index (χ2n) is 4.23. The maximum Gasteiger partial charge on any atom is 0.216 e. The summed E-state index contributed by atoms with van der Waals surface area (Å²) in [6.07, 6.45) is 4.85. The minimum atomic E-state index is 0.463. The van der Waals surface area contributed by atoms with Crippen LogP contribution >= 0.6 is 0 Å². The van der Waals surface area contributed by atoms with Crippen LogP contribution in [0.4, 0.5) is 0 Å². The third kappa shape index (κ3) is 3.97. The molecule has 1 atom stereocenters. The molecule has 0 aliphatic heterocycles. The standard InChI is InChI=1S/C13H23N3O/c1-5-10(6-2)12(14-3)7-11-8-13(17-4)16-9-15-11/h8-10,12,14H,5-7H2,1-4H3. The molecular weight excluding hydrogens is 214 g/mol. The van der Waals surface area contributed by atoms with Gasteiger partial charge < -0.3 is 10.1 Å². The van der Waals surface area contributed by atoms with Crippen LogP contribution < -0.4 is 10.1 Å². The van der Waals surface area contributed by atoms with Gasteiger partial charge in [-0.15, -0.1) is 0 Å². The topological polar surface area (TPSA) is 47.0 Å². The molecule has 4 heteroatoms. The number of aromatic nitrogens is 2. The van der Waals surface area contributed by atoms with Crippen molar-refractivity contribution >= 4 is 0 Å². The lowest BCUT2D eigenvalue weighted by Crippen LogP contribution is -2.35. The van der Waals surface area contributed by atoms with Crippen LogP contribution in [0.3, 0.4) is 0 Å². The number of nitrogens with one attached hydrogen (secondary N) is 1. The zero-order valence-corrected chi connectivity index (χ0v) is 11.2. The van der Waals surface area contributed by atoms with Gasteiger partial charge in [0.25, 0.3) is 0 Å². The molecule has 0 amide bonds. The molecule has 0 bridgehead atoms. The van der Waals surface area contributed by atoms with E-state index in [0.717, 1.165) is 12.1 Å². The second-order valence-corrected chi connectivity index (χ2v) is 4.23. The Balaban J connectivity index is 2.72. The first kappa shape index (κ1) is 13.9. The van der Waals surface area contributed by atoms with E-state index in [1.807, 2.05) is 13.1 Å². The minimum absolute atomic E-state index is 0.463. The van der Waals surface area contributed by atoms with Gasteiger partial charge in [0.15, 0.2) is 0 Å². The number of methoxy groups -OCH3 is 1. The maximum absolute atomic E-state index is 5.11. The van der Waals surface area contributed by atoms with Gasteiger partial charge in [-0.2, -0.15) is 0 Å². The normalized spacial score (nSPS) is 12.8. The predicted octanol–water partition coefficient (Wildman–Crippen LogP) is 2.05. The van der Waals surface area contributed by atoms with Crippen molar-refractivity contribution in [2.24, 2.45) is 5.92 Å². The van der Waals surface area contributed by atoms with Gasteiger partial charge in [-0.25, -0.2) is 9.97 Å². The third-order valence-electron chi connectivity index (χ3n) is 3.33. The first-order chi connectivity index (χ1) is 8.24. The molecule has 0 aliphatic carbocycles. The van der Waals surface area contributed by atoms with Gasteiger partial charge in [-0.05, 0) is 13.0 Å². The van der Waals surface area contributed by atoms with Crippen LogP contribution in [-0.4, -0.2) is 30.2 Å². The first-order valence-electron chi connectivity index (χ1n) is 6.27. The molecule has 0 saturated carbocycles. The molecule has 4 nitrogen and oxygen atoms in total. The van der Waals surface area contributed by atoms with Crippen molar-refractivity contribution in [1.29, 1.82) is 0 Å². The summed E-state index contributed by atoms with van der Waals surface area (Å²) in [7, 11) is 3.64. The van der Waals surface area contributed by atoms with E-state index in [1.165, 1.54) is 12.8 Å². The lowest BCUT2D eigenvalue weighted by atomic mass is 9.91. The van der Waals surface area contributed by atoms with Gasteiger partial charge in [0.2, 0.25) is 5.88 Å². The Morgan fingerprint density at radius 1 is 1.29 bits per heavy atom. The zero-order chi connectivity index (χ0) is 12.7. The van der Waals surface area contributed by atoms with Crippen molar-refractivity contribution in [1.82, 2.24) is 15.3 Å². The highest BCUT2D eigenvalue weighted by molar-refractivity contribution is 5.14. The van der Waals surface area contributed by atoms with Gasteiger partial charge in [-0.3, -0.25) is 0 Å². The van der Waals surface area contributed by atoms with Crippen LogP contribution in [0, 0.1) is 5.92 Å². The highest BCUT2D eigenvalue weighted by Gasteiger charge is 2.17. The Morgan fingerprint density at radius 2 is 2.00 bits per heavy atom. The van der Waals surface area contributed by atoms with Crippen molar-refractivity contribution in [3.05, 3.63) is 18.1 Å². The quantitative estimate of drug-likeness (QED) is 0.788. The summed E-state index contributed by atoms with van der Waals surface area (Å²) in [5.41, 5.74) is 1.03. The van der Waals surface area contributed by atoms with E-state index >= 15 is 0 Å². The molecule has 1 rings (SSSR count). The van der Waals surface area contributed by atoms with Gasteiger partial charge in [-0.1, -0.05) is 26.7 Å². The molecule has 0 spiro atoms. The predicted molar refractivity (Wildman–Crippen MR) is 69.2 cm³/mol. The average molecular weight is 237 g/mol. The van der Waals surface area contributed by atoms with E-state index in [1.54, 1.807) is 13.4 Å². The molecule has 0 radical (unpaired) electrons. The molecule has 96 valence electrons. The van der Waals surface area contributed by atoms with Gasteiger partial charge in [0.1, 0.15) is 6.33 Å². The Bertz CT molecular complexity index is 326. The van der Waals surface area contributed by atoms with Crippen LogP contribution in [0.15, 0.2) is 12.4 Å². The summed E-state index contributed by atoms with van der Waals surface area (Å²) >= 11 is 0. The summed E-state index contributed by atoms with van der Waals surface area (Å²) in [6, 6.07) is 2.37. The van der Waals surface area contributed by atoms with Crippen LogP contribution in [0.1, 0.15) is 32.4 Å². The number of rotatable bonds is 7. The monoisotopic (exact) mass is 237 g/mol. The summed E-state index contributed by atoms with van der Waals surface area (Å²) in [4.78, 5) is 8.32. The third-order valence-corrected chi connectivity index (χ3v) is 3.33. The van der Waals surface area contributed by atoms with Crippen molar-refractivity contribution in [3.8, 4) is 5.88 Å². The number of likely N-dealkylation sites (N-methyl/N-ethyl adjacent to an activating group) is 1. The number of hydrogen-bond acceptors (Lipinski definition) is 4. The molecule has 1 aromatic rings. The molecule has 1 aromatic heterocycles. The first-order valence-corrected chi connectivity index (χ1v) is 6.27. The number of ether oxygens (including phenoxy) is 1. The molecule has 0 aromatic carbocycles. The highest BCUT2D eigenvalue weighted by atomic mass is 16.5. The summed E-state index contributed by atoms with van der Waals surface area (Å²) in [6.45, 7) is 4.47. The van der Waals surface area contributed by atoms with E-state index in [2.05, 4.69) is 29.1 Å². The average Bonchev–Trinajstić information content (AvgIpc) is 2.39. The van der Waals surface area contributed by atoms with E-state index in [9.17, 15) is 0 Å². The molecule has 0 aliphatic rings. The van der Waals surface area contributed by atoms with Crippen LogP contribution in [0.2, 0.25) is 0 Å². The molecule has 1 heterocycles. The van der Waals surface area contributed by atoms with Crippen molar-refractivity contribution < 1.29 is 4.74 Å². The zero-order valence-electron chi connectivity index (χ0n) is 11.2. The smallest absolute Gasteiger partial charge is 0.216 e. The fourth-order valence-corrected chi connectivity index (χ4v) is 2.19. The second kappa shape index (κ2) is 7.22. The van der Waals surface area contributed by atoms with Crippen molar-refractivity contribution in [2.75, 3.05) is 14.2 Å². The molecule has 0 fully saturated rings. The lowest BCUT2D eigenvalue weighted by molar-refractivity contribution is 0.345. The fourth-order valence-electron chi connectivity index (χ4n) is 2.19. The van der Waals surface area contributed by atoms with Crippen LogP contribution in [0.5, 0.6) is 5.88 Å². The summed E-state index contributed by atoms with van der Waals surface area (Å²) in [5.74, 6) is 1.32. The van der Waals surface area contributed by atoms with Crippen molar-refractivity contribution in [3.63, 3.8) is 0 Å². The Labute approximate surface area is 104 Å². The molecule has 1 N–H and O–H groups in total. The van der Waals surface area contributed by atoms with Crippen LogP contribution in [0.25, 0.3) is 0 Å². The molecular formula is C13H23N3O. The van der Waals surface area contributed by atoms with Gasteiger partial charge >= 0.3 is 0 Å². The van der Waals surface area contributed by atoms with E-state index in [0.29, 0.717) is 17.8 Å². The van der Waals surface area contributed by atoms with Gasteiger partial charge in [0, 0.05) is 24.2 Å². The van der Waals surface area contributed by atoms with E-state index in [-0.39, 0.29) is 0 Å². The number of nitrogens with zero attached hydrogens (tertiary/aromatic N) is 2. The fraction of sp³-hybridized carbons (Fsp3) is 0.692. The van der Waals surface area contributed by atoms with Crippen LogP contribution in [-0.2, 0) is 6.42 Å². The van der Waals surface area contributed by atoms with Gasteiger partial charge in [0.05, 0.1) is 7.11 Å². The summed E-state index contributed by atoms with van der Waals surface area (Å²) < 4.78 is 5.11. The highest BCUT2D eigenvalue weighted by Crippen LogP contribution is 2.17. The molecule has 17 heavy (non-hydrogen) atoms. The molecule has 1 unspecified atom stereocenters. The lowest BCUT2D eigenvalue weighted by Gasteiger charge is -2.24. The Kier molecular flexibility index (Phi) is 5.91. The maximum atomic E-state index is 5.11. The summed E-state index contributed by atoms with van der Waals surface area (Å²) in [5, 5.41) is 3.39. The SMILES string of the molecule is CCC(CC)C(Cc1cc(OC)ncn1)NC. The molecule has 0 saturated heterocycles. The minimum Gasteiger partial charge on any atom is -0.481 e. The largest absolute Gasteiger partial charge is 0.481 e.